The smallest absolute Gasteiger partial charge is 0.307 e. The maximum absolute atomic E-state index is 10.8. The largest absolute Gasteiger partial charge is 0.481 e. The normalized spacial score (nSPS) is 11.0. The molecule has 1 heterocycles. The minimum Gasteiger partial charge on any atom is -0.481 e. The number of carboxylic acid groups (broad SMARTS) is 1. The predicted octanol–water partition coefficient (Wildman–Crippen LogP) is 3.52. The number of aliphatic carboxylic acids is 1. The molecule has 5 heteroatoms. The van der Waals surface area contributed by atoms with Gasteiger partial charge in [-0.25, -0.2) is 4.98 Å². The zero-order chi connectivity index (χ0) is 15.0. The molecule has 21 heavy (non-hydrogen) atoms. The Morgan fingerprint density at radius 3 is 2.76 bits per heavy atom. The molecular weight excluding hydrogens is 288 g/mol. The van der Waals surface area contributed by atoms with E-state index in [2.05, 4.69) is 4.98 Å². The van der Waals surface area contributed by atoms with Crippen molar-refractivity contribution in [3.63, 3.8) is 0 Å². The number of imidazole rings is 1. The maximum atomic E-state index is 10.8. The highest BCUT2D eigenvalue weighted by Gasteiger charge is 2.13. The number of nitrogens with zero attached hydrogens (tertiary/aromatic N) is 2. The van der Waals surface area contributed by atoms with Crippen molar-refractivity contribution >= 4 is 28.6 Å². The molecule has 0 aliphatic heterocycles. The van der Waals surface area contributed by atoms with Gasteiger partial charge in [-0.05, 0) is 29.8 Å². The number of aryl methyl sites for hydroxylation is 1. The number of fused-ring (bicyclic) bond motifs is 1. The van der Waals surface area contributed by atoms with E-state index < -0.39 is 5.97 Å². The molecular formula is C16H13ClN2O2. The standard InChI is InChI=1S/C16H13ClN2O2/c1-19-14-7-6-10(9-15(20)21)8-13(14)18-16(19)11-4-2-3-5-12(11)17/h2-8H,9H2,1H3,(H,20,21). The third kappa shape index (κ3) is 2.50. The van der Waals surface area contributed by atoms with E-state index in [9.17, 15) is 4.79 Å². The van der Waals surface area contributed by atoms with Gasteiger partial charge in [-0.3, -0.25) is 4.79 Å². The van der Waals surface area contributed by atoms with Crippen LogP contribution in [0.1, 0.15) is 5.56 Å². The van der Waals surface area contributed by atoms with Crippen LogP contribution in [0.4, 0.5) is 0 Å². The van der Waals surface area contributed by atoms with Crippen molar-refractivity contribution in [2.75, 3.05) is 0 Å². The molecule has 3 rings (SSSR count). The Morgan fingerprint density at radius 1 is 1.29 bits per heavy atom. The molecule has 0 radical (unpaired) electrons. The van der Waals surface area contributed by atoms with E-state index in [1.165, 1.54) is 0 Å². The number of carbonyl (C=O) groups is 1. The molecule has 0 spiro atoms. The van der Waals surface area contributed by atoms with Crippen molar-refractivity contribution in [3.8, 4) is 11.4 Å². The Hall–Kier alpha value is -2.33. The Balaban J connectivity index is 2.15. The van der Waals surface area contributed by atoms with Gasteiger partial charge >= 0.3 is 5.97 Å². The second-order valence-corrected chi connectivity index (χ2v) is 5.28. The van der Waals surface area contributed by atoms with Gasteiger partial charge in [-0.15, -0.1) is 0 Å². The van der Waals surface area contributed by atoms with Gasteiger partial charge in [0.2, 0.25) is 0 Å². The van der Waals surface area contributed by atoms with Crippen LogP contribution in [0.25, 0.3) is 22.4 Å². The van der Waals surface area contributed by atoms with Crippen molar-refractivity contribution in [1.29, 1.82) is 0 Å². The molecule has 0 unspecified atom stereocenters. The van der Waals surface area contributed by atoms with Crippen LogP contribution in [0, 0.1) is 0 Å². The summed E-state index contributed by atoms with van der Waals surface area (Å²) in [4.78, 5) is 15.4. The summed E-state index contributed by atoms with van der Waals surface area (Å²) in [7, 11) is 1.92. The number of carboxylic acids is 1. The number of rotatable bonds is 3. The first kappa shape index (κ1) is 13.6. The van der Waals surface area contributed by atoms with Gasteiger partial charge in [0.1, 0.15) is 5.82 Å². The van der Waals surface area contributed by atoms with Crippen LogP contribution >= 0.6 is 11.6 Å². The molecule has 1 aromatic heterocycles. The summed E-state index contributed by atoms with van der Waals surface area (Å²) in [5, 5.41) is 9.51. The van der Waals surface area contributed by atoms with Gasteiger partial charge in [0.05, 0.1) is 22.5 Å². The highest BCUT2D eigenvalue weighted by molar-refractivity contribution is 6.33. The molecule has 0 saturated carbocycles. The Morgan fingerprint density at radius 2 is 2.05 bits per heavy atom. The first-order valence-corrected chi connectivity index (χ1v) is 6.86. The van der Waals surface area contributed by atoms with Crippen molar-refractivity contribution in [2.24, 2.45) is 7.05 Å². The number of hydrogen-bond donors (Lipinski definition) is 1. The number of hydrogen-bond acceptors (Lipinski definition) is 2. The summed E-state index contributed by atoms with van der Waals surface area (Å²) in [6, 6.07) is 13.0. The lowest BCUT2D eigenvalue weighted by Crippen LogP contribution is -1.99. The fraction of sp³-hybridized carbons (Fsp3) is 0.125. The van der Waals surface area contributed by atoms with E-state index in [1.54, 1.807) is 0 Å². The van der Waals surface area contributed by atoms with Crippen molar-refractivity contribution in [3.05, 3.63) is 53.1 Å². The molecule has 0 fully saturated rings. The van der Waals surface area contributed by atoms with E-state index >= 15 is 0 Å². The highest BCUT2D eigenvalue weighted by atomic mass is 35.5. The SMILES string of the molecule is Cn1c(-c2ccccc2Cl)nc2cc(CC(=O)O)ccc21. The van der Waals surface area contributed by atoms with Gasteiger partial charge < -0.3 is 9.67 Å². The predicted molar refractivity (Wildman–Crippen MR) is 82.5 cm³/mol. The zero-order valence-electron chi connectivity index (χ0n) is 11.4. The second kappa shape index (κ2) is 5.22. The Labute approximate surface area is 126 Å². The molecule has 4 nitrogen and oxygen atoms in total. The number of aromatic nitrogens is 2. The molecule has 0 aliphatic rings. The van der Waals surface area contributed by atoms with E-state index in [0.29, 0.717) is 5.02 Å². The quantitative estimate of drug-likeness (QED) is 0.805. The lowest BCUT2D eigenvalue weighted by atomic mass is 10.1. The van der Waals surface area contributed by atoms with Crippen LogP contribution in [0.15, 0.2) is 42.5 Å². The monoisotopic (exact) mass is 300 g/mol. The maximum Gasteiger partial charge on any atom is 0.307 e. The van der Waals surface area contributed by atoms with E-state index in [1.807, 2.05) is 54.1 Å². The summed E-state index contributed by atoms with van der Waals surface area (Å²) < 4.78 is 1.96. The second-order valence-electron chi connectivity index (χ2n) is 4.87. The highest BCUT2D eigenvalue weighted by Crippen LogP contribution is 2.29. The summed E-state index contributed by atoms with van der Waals surface area (Å²) in [5.74, 6) is -0.0836. The first-order chi connectivity index (χ1) is 10.1. The molecule has 2 aromatic carbocycles. The number of benzene rings is 2. The zero-order valence-corrected chi connectivity index (χ0v) is 12.1. The molecule has 106 valence electrons. The van der Waals surface area contributed by atoms with Crippen molar-refractivity contribution < 1.29 is 9.90 Å². The Bertz CT molecular complexity index is 839. The summed E-state index contributed by atoms with van der Waals surface area (Å²) in [6.45, 7) is 0. The average molecular weight is 301 g/mol. The van der Waals surface area contributed by atoms with Crippen LogP contribution in [0.5, 0.6) is 0 Å². The first-order valence-electron chi connectivity index (χ1n) is 6.48. The topological polar surface area (TPSA) is 55.1 Å². The van der Waals surface area contributed by atoms with Crippen molar-refractivity contribution in [1.82, 2.24) is 9.55 Å². The van der Waals surface area contributed by atoms with Gasteiger partial charge in [-0.1, -0.05) is 29.8 Å². The van der Waals surface area contributed by atoms with Crippen LogP contribution < -0.4 is 0 Å². The third-order valence-corrected chi connectivity index (χ3v) is 3.74. The molecule has 0 saturated heterocycles. The molecule has 0 aliphatic carbocycles. The molecule has 0 bridgehead atoms. The van der Waals surface area contributed by atoms with Gasteiger partial charge in [-0.2, -0.15) is 0 Å². The minimum atomic E-state index is -0.850. The molecule has 3 aromatic rings. The molecule has 0 amide bonds. The fourth-order valence-electron chi connectivity index (χ4n) is 2.41. The van der Waals surface area contributed by atoms with Crippen molar-refractivity contribution in [2.45, 2.75) is 6.42 Å². The number of halogens is 1. The van der Waals surface area contributed by atoms with E-state index in [4.69, 9.17) is 16.7 Å². The third-order valence-electron chi connectivity index (χ3n) is 3.42. The summed E-state index contributed by atoms with van der Waals surface area (Å²) >= 11 is 6.23. The molecule has 1 N–H and O–H groups in total. The summed E-state index contributed by atoms with van der Waals surface area (Å²) in [6.07, 6.45) is -0.00601. The fourth-order valence-corrected chi connectivity index (χ4v) is 2.63. The van der Waals surface area contributed by atoms with Crippen LogP contribution in [0.2, 0.25) is 5.02 Å². The lowest BCUT2D eigenvalue weighted by molar-refractivity contribution is -0.136. The Kier molecular flexibility index (Phi) is 3.39. The van der Waals surface area contributed by atoms with Gasteiger partial charge in [0.25, 0.3) is 0 Å². The average Bonchev–Trinajstić information content (AvgIpc) is 2.75. The molecule has 0 atom stereocenters. The van der Waals surface area contributed by atoms with E-state index in [-0.39, 0.29) is 6.42 Å². The minimum absolute atomic E-state index is 0.00601. The van der Waals surface area contributed by atoms with E-state index in [0.717, 1.165) is 28.0 Å². The van der Waals surface area contributed by atoms with Gasteiger partial charge in [0.15, 0.2) is 0 Å². The van der Waals surface area contributed by atoms with Crippen LogP contribution in [-0.2, 0) is 18.3 Å². The van der Waals surface area contributed by atoms with Crippen LogP contribution in [0.3, 0.4) is 0 Å². The summed E-state index contributed by atoms with van der Waals surface area (Å²) in [5.41, 5.74) is 3.31. The van der Waals surface area contributed by atoms with Gasteiger partial charge in [0, 0.05) is 12.6 Å². The van der Waals surface area contributed by atoms with Crippen LogP contribution in [-0.4, -0.2) is 20.6 Å². The lowest BCUT2D eigenvalue weighted by Gasteiger charge is -2.04.